The largest absolute Gasteiger partial charge is 0.465 e. The van der Waals surface area contributed by atoms with E-state index >= 15 is 0 Å². The minimum absolute atomic E-state index is 0.642. The molecule has 2 unspecified atom stereocenters. The van der Waals surface area contributed by atoms with E-state index in [4.69, 9.17) is 5.11 Å². The van der Waals surface area contributed by atoms with Crippen molar-refractivity contribution in [2.24, 2.45) is 5.41 Å². The van der Waals surface area contributed by atoms with E-state index in [0.29, 0.717) is 0 Å². The fourth-order valence-corrected chi connectivity index (χ4v) is 1.19. The van der Waals surface area contributed by atoms with Crippen molar-refractivity contribution in [3.8, 4) is 0 Å². The van der Waals surface area contributed by atoms with Gasteiger partial charge in [0.25, 0.3) is 5.91 Å². The van der Waals surface area contributed by atoms with E-state index in [9.17, 15) is 14.7 Å². The first-order valence-corrected chi connectivity index (χ1v) is 5.10. The van der Waals surface area contributed by atoms with Gasteiger partial charge in [-0.3, -0.25) is 9.63 Å². The molecule has 2 atom stereocenters. The Kier molecular flexibility index (Phi) is 5.37. The van der Waals surface area contributed by atoms with Crippen LogP contribution < -0.4 is 5.32 Å². The number of rotatable bonds is 4. The first-order valence-electron chi connectivity index (χ1n) is 5.10. The van der Waals surface area contributed by atoms with Crippen LogP contribution in [-0.4, -0.2) is 53.6 Å². The molecule has 0 bridgehead atoms. The molecule has 0 aromatic carbocycles. The molecule has 0 radical (unpaired) electrons. The van der Waals surface area contributed by atoms with E-state index in [2.05, 4.69) is 4.84 Å². The molecule has 100 valence electrons. The molecule has 0 aliphatic rings. The third kappa shape index (κ3) is 4.58. The SMILES string of the molecule is CON(C)C(=O)C(NC(=O)O)C(O)C(C)(C)C. The van der Waals surface area contributed by atoms with E-state index in [1.54, 1.807) is 20.8 Å². The number of nitrogens with zero attached hydrogens (tertiary/aromatic N) is 1. The predicted molar refractivity (Wildman–Crippen MR) is 60.2 cm³/mol. The molecule has 17 heavy (non-hydrogen) atoms. The molecule has 0 aliphatic carbocycles. The van der Waals surface area contributed by atoms with Gasteiger partial charge < -0.3 is 15.5 Å². The highest BCUT2D eigenvalue weighted by atomic mass is 16.7. The van der Waals surface area contributed by atoms with Crippen LogP contribution in [0.5, 0.6) is 0 Å². The Labute approximate surface area is 100 Å². The Morgan fingerprint density at radius 2 is 1.82 bits per heavy atom. The summed E-state index contributed by atoms with van der Waals surface area (Å²) in [7, 11) is 2.62. The van der Waals surface area contributed by atoms with Crippen molar-refractivity contribution in [1.82, 2.24) is 10.4 Å². The lowest BCUT2D eigenvalue weighted by atomic mass is 9.84. The van der Waals surface area contributed by atoms with Gasteiger partial charge in [-0.15, -0.1) is 0 Å². The number of carboxylic acid groups (broad SMARTS) is 1. The minimum Gasteiger partial charge on any atom is -0.465 e. The molecule has 0 saturated heterocycles. The molecule has 0 aromatic heterocycles. The average molecular weight is 248 g/mol. The number of hydrogen-bond donors (Lipinski definition) is 3. The Morgan fingerprint density at radius 1 is 1.35 bits per heavy atom. The second-order valence-corrected chi connectivity index (χ2v) is 4.76. The Bertz CT molecular complexity index is 287. The van der Waals surface area contributed by atoms with Gasteiger partial charge in [-0.25, -0.2) is 9.86 Å². The zero-order chi connectivity index (χ0) is 13.8. The Hall–Kier alpha value is -1.34. The number of aliphatic hydroxyl groups excluding tert-OH is 1. The summed E-state index contributed by atoms with van der Waals surface area (Å²) in [6, 6.07) is -1.27. The topological polar surface area (TPSA) is 99.1 Å². The number of hydroxylamine groups is 2. The van der Waals surface area contributed by atoms with Crippen molar-refractivity contribution >= 4 is 12.0 Å². The van der Waals surface area contributed by atoms with Gasteiger partial charge in [0.2, 0.25) is 0 Å². The summed E-state index contributed by atoms with van der Waals surface area (Å²) in [6.07, 6.45) is -2.54. The van der Waals surface area contributed by atoms with Crippen molar-refractivity contribution in [3.63, 3.8) is 0 Å². The zero-order valence-electron chi connectivity index (χ0n) is 10.7. The van der Waals surface area contributed by atoms with E-state index in [1.807, 2.05) is 5.32 Å². The molecule has 0 heterocycles. The third-order valence-electron chi connectivity index (χ3n) is 2.33. The van der Waals surface area contributed by atoms with Crippen LogP contribution in [0.3, 0.4) is 0 Å². The van der Waals surface area contributed by atoms with Crippen LogP contribution in [0, 0.1) is 5.41 Å². The summed E-state index contributed by atoms with van der Waals surface area (Å²) < 4.78 is 0. The molecule has 3 N–H and O–H groups in total. The van der Waals surface area contributed by atoms with Crippen LogP contribution in [0.1, 0.15) is 20.8 Å². The van der Waals surface area contributed by atoms with Crippen molar-refractivity contribution in [1.29, 1.82) is 0 Å². The molecule has 0 aliphatic heterocycles. The Balaban J connectivity index is 5.00. The lowest BCUT2D eigenvalue weighted by Crippen LogP contribution is -2.56. The zero-order valence-corrected chi connectivity index (χ0v) is 10.7. The maximum Gasteiger partial charge on any atom is 0.405 e. The quantitative estimate of drug-likeness (QED) is 0.610. The molecule has 0 fully saturated rings. The van der Waals surface area contributed by atoms with Crippen LogP contribution in [0.15, 0.2) is 0 Å². The monoisotopic (exact) mass is 248 g/mol. The summed E-state index contributed by atoms with van der Waals surface area (Å²) in [5, 5.41) is 21.5. The first-order chi connectivity index (χ1) is 7.61. The van der Waals surface area contributed by atoms with Crippen LogP contribution >= 0.6 is 0 Å². The van der Waals surface area contributed by atoms with Gasteiger partial charge in [-0.05, 0) is 5.41 Å². The third-order valence-corrected chi connectivity index (χ3v) is 2.33. The number of hydrogen-bond acceptors (Lipinski definition) is 4. The molecule has 7 heteroatoms. The smallest absolute Gasteiger partial charge is 0.405 e. The number of amides is 2. The number of likely N-dealkylation sites (N-methyl/N-ethyl adjacent to an activating group) is 1. The van der Waals surface area contributed by atoms with Crippen molar-refractivity contribution in [2.45, 2.75) is 32.9 Å². The van der Waals surface area contributed by atoms with E-state index in [0.717, 1.165) is 5.06 Å². The van der Waals surface area contributed by atoms with Gasteiger partial charge >= 0.3 is 6.09 Å². The number of aliphatic hydroxyl groups is 1. The highest BCUT2D eigenvalue weighted by molar-refractivity contribution is 5.85. The van der Waals surface area contributed by atoms with Crippen LogP contribution in [-0.2, 0) is 9.63 Å². The van der Waals surface area contributed by atoms with Crippen molar-refractivity contribution in [2.75, 3.05) is 14.2 Å². The average Bonchev–Trinajstić information content (AvgIpc) is 2.21. The summed E-state index contributed by atoms with van der Waals surface area (Å²) in [5.41, 5.74) is -0.642. The van der Waals surface area contributed by atoms with Gasteiger partial charge in [-0.2, -0.15) is 0 Å². The van der Waals surface area contributed by atoms with Crippen molar-refractivity contribution < 1.29 is 24.6 Å². The lowest BCUT2D eigenvalue weighted by molar-refractivity contribution is -0.175. The van der Waals surface area contributed by atoms with Crippen LogP contribution in [0.25, 0.3) is 0 Å². The summed E-state index contributed by atoms with van der Waals surface area (Å²) in [6.45, 7) is 5.11. The highest BCUT2D eigenvalue weighted by Gasteiger charge is 2.38. The fourth-order valence-electron chi connectivity index (χ4n) is 1.19. The van der Waals surface area contributed by atoms with Crippen molar-refractivity contribution in [3.05, 3.63) is 0 Å². The maximum atomic E-state index is 11.8. The molecular formula is C10H20N2O5. The second-order valence-electron chi connectivity index (χ2n) is 4.76. The van der Waals surface area contributed by atoms with E-state index in [1.165, 1.54) is 14.2 Å². The molecule has 7 nitrogen and oxygen atoms in total. The summed E-state index contributed by atoms with van der Waals surface area (Å²) in [5.74, 6) is -0.655. The molecule has 0 rings (SSSR count). The lowest BCUT2D eigenvalue weighted by Gasteiger charge is -2.33. The van der Waals surface area contributed by atoms with Crippen LogP contribution in [0.4, 0.5) is 4.79 Å². The summed E-state index contributed by atoms with van der Waals surface area (Å²) in [4.78, 5) is 27.1. The number of carbonyl (C=O) groups excluding carboxylic acids is 1. The molecule has 2 amide bonds. The van der Waals surface area contributed by atoms with Gasteiger partial charge in [0.05, 0.1) is 13.2 Å². The normalized spacial score (nSPS) is 14.9. The molecular weight excluding hydrogens is 228 g/mol. The minimum atomic E-state index is -1.38. The van der Waals surface area contributed by atoms with Gasteiger partial charge in [0.1, 0.15) is 6.04 Å². The maximum absolute atomic E-state index is 11.8. The Morgan fingerprint density at radius 3 is 2.12 bits per heavy atom. The highest BCUT2D eigenvalue weighted by Crippen LogP contribution is 2.22. The fraction of sp³-hybridized carbons (Fsp3) is 0.800. The molecule has 0 spiro atoms. The van der Waals surface area contributed by atoms with Gasteiger partial charge in [0.15, 0.2) is 0 Å². The van der Waals surface area contributed by atoms with Crippen LogP contribution in [0.2, 0.25) is 0 Å². The molecule has 0 aromatic rings. The van der Waals surface area contributed by atoms with Gasteiger partial charge in [0, 0.05) is 7.05 Å². The van der Waals surface area contributed by atoms with E-state index in [-0.39, 0.29) is 0 Å². The van der Waals surface area contributed by atoms with Gasteiger partial charge in [-0.1, -0.05) is 20.8 Å². The first kappa shape index (κ1) is 15.7. The second kappa shape index (κ2) is 5.83. The summed E-state index contributed by atoms with van der Waals surface area (Å²) >= 11 is 0. The molecule has 0 saturated carbocycles. The predicted octanol–water partition coefficient (Wildman–Crippen LogP) is 0.0494. The standard InChI is InChI=1S/C10H20N2O5/c1-10(2,3)7(13)6(11-9(15)16)8(14)12(4)17-5/h6-7,11,13H,1-5H3,(H,15,16). The number of carbonyl (C=O) groups is 2. The van der Waals surface area contributed by atoms with E-state index < -0.39 is 29.6 Å². The number of nitrogens with one attached hydrogen (secondary N) is 1.